The van der Waals surface area contributed by atoms with E-state index in [1.165, 1.54) is 38.1 Å². The van der Waals surface area contributed by atoms with Crippen LogP contribution in [-0.4, -0.2) is 22.6 Å². The van der Waals surface area contributed by atoms with Gasteiger partial charge in [0.1, 0.15) is 5.82 Å². The molecule has 1 aliphatic heterocycles. The summed E-state index contributed by atoms with van der Waals surface area (Å²) < 4.78 is 2.32. The van der Waals surface area contributed by atoms with Crippen LogP contribution in [0.1, 0.15) is 31.5 Å². The van der Waals surface area contributed by atoms with E-state index in [0.717, 1.165) is 31.3 Å². The summed E-state index contributed by atoms with van der Waals surface area (Å²) in [6.07, 6.45) is 15.0. The molecule has 2 heterocycles. The molecule has 3 heteroatoms. The molecule has 1 aliphatic carbocycles. The first-order chi connectivity index (χ1) is 8.92. The molecule has 1 aromatic rings. The van der Waals surface area contributed by atoms with Crippen molar-refractivity contribution in [1.29, 1.82) is 0 Å². The first kappa shape index (κ1) is 12.0. The monoisotopic (exact) mass is 245 g/mol. The maximum atomic E-state index is 4.38. The topological polar surface area (TPSA) is 29.9 Å². The number of aryl methyl sites for hydroxylation is 1. The first-order valence-electron chi connectivity index (χ1n) is 7.27. The predicted octanol–water partition coefficient (Wildman–Crippen LogP) is 2.39. The minimum atomic E-state index is 0.783. The van der Waals surface area contributed by atoms with Gasteiger partial charge in [0.05, 0.1) is 0 Å². The minimum absolute atomic E-state index is 0.783. The molecule has 0 aromatic carbocycles. The van der Waals surface area contributed by atoms with Gasteiger partial charge in [0.15, 0.2) is 0 Å². The highest BCUT2D eigenvalue weighted by Crippen LogP contribution is 2.19. The summed E-state index contributed by atoms with van der Waals surface area (Å²) in [5.41, 5.74) is 0. The van der Waals surface area contributed by atoms with Crippen molar-refractivity contribution >= 4 is 0 Å². The Balaban J connectivity index is 1.40. The van der Waals surface area contributed by atoms with Gasteiger partial charge in [-0.15, -0.1) is 0 Å². The lowest BCUT2D eigenvalue weighted by atomic mass is 9.94. The average Bonchev–Trinajstić information content (AvgIpc) is 2.87. The van der Waals surface area contributed by atoms with E-state index in [4.69, 9.17) is 0 Å². The third-order valence-corrected chi connectivity index (χ3v) is 4.28. The molecule has 0 fully saturated rings. The lowest BCUT2D eigenvalue weighted by Gasteiger charge is -2.25. The van der Waals surface area contributed by atoms with Crippen molar-refractivity contribution in [3.05, 3.63) is 30.4 Å². The zero-order valence-corrected chi connectivity index (χ0v) is 11.0. The van der Waals surface area contributed by atoms with Gasteiger partial charge in [0, 0.05) is 25.4 Å². The van der Waals surface area contributed by atoms with E-state index in [-0.39, 0.29) is 0 Å². The largest absolute Gasteiger partial charge is 0.335 e. The van der Waals surface area contributed by atoms with Crippen LogP contribution in [0.25, 0.3) is 0 Å². The van der Waals surface area contributed by atoms with Crippen LogP contribution in [0.4, 0.5) is 0 Å². The fraction of sp³-hybridized carbons (Fsp3) is 0.667. The fourth-order valence-corrected chi connectivity index (χ4v) is 3.14. The summed E-state index contributed by atoms with van der Waals surface area (Å²) in [5, 5.41) is 3.68. The smallest absolute Gasteiger partial charge is 0.108 e. The molecule has 2 atom stereocenters. The van der Waals surface area contributed by atoms with Crippen LogP contribution in [0.5, 0.6) is 0 Å². The molecule has 0 spiro atoms. The van der Waals surface area contributed by atoms with Crippen molar-refractivity contribution in [2.24, 2.45) is 11.8 Å². The van der Waals surface area contributed by atoms with Crippen LogP contribution in [0.15, 0.2) is 24.5 Å². The average molecular weight is 245 g/mol. The number of imidazole rings is 1. The molecule has 1 N–H and O–H groups in total. The van der Waals surface area contributed by atoms with Crippen LogP contribution >= 0.6 is 0 Å². The lowest BCUT2D eigenvalue weighted by Crippen LogP contribution is -2.33. The molecule has 0 radical (unpaired) electrons. The maximum Gasteiger partial charge on any atom is 0.108 e. The number of hydrogen-bond donors (Lipinski definition) is 1. The molecule has 1 aromatic heterocycles. The zero-order valence-electron chi connectivity index (χ0n) is 11.0. The van der Waals surface area contributed by atoms with Crippen molar-refractivity contribution in [1.82, 2.24) is 14.9 Å². The van der Waals surface area contributed by atoms with Gasteiger partial charge >= 0.3 is 0 Å². The second kappa shape index (κ2) is 5.70. The molecule has 0 amide bonds. The summed E-state index contributed by atoms with van der Waals surface area (Å²) in [6, 6.07) is 0. The van der Waals surface area contributed by atoms with Gasteiger partial charge in [-0.3, -0.25) is 0 Å². The standard InChI is InChI=1S/C15H23N3/c1-2-4-13(5-3-1)10-16-11-14-6-7-15-17-8-9-18(15)12-14/h1-2,8-9,13-14,16H,3-7,10-12H2/t13-,14+/m1/s1. The highest BCUT2D eigenvalue weighted by atomic mass is 15.1. The first-order valence-corrected chi connectivity index (χ1v) is 7.27. The van der Waals surface area contributed by atoms with Gasteiger partial charge in [-0.25, -0.2) is 4.98 Å². The highest BCUT2D eigenvalue weighted by Gasteiger charge is 2.18. The van der Waals surface area contributed by atoms with Crippen molar-refractivity contribution in [2.75, 3.05) is 13.1 Å². The number of nitrogens with one attached hydrogen (secondary N) is 1. The van der Waals surface area contributed by atoms with E-state index < -0.39 is 0 Å². The molecular weight excluding hydrogens is 222 g/mol. The van der Waals surface area contributed by atoms with Crippen molar-refractivity contribution in [3.63, 3.8) is 0 Å². The summed E-state index contributed by atoms with van der Waals surface area (Å²) in [5.74, 6) is 2.91. The summed E-state index contributed by atoms with van der Waals surface area (Å²) in [6.45, 7) is 3.50. The van der Waals surface area contributed by atoms with Crippen LogP contribution in [0, 0.1) is 11.8 Å². The Labute approximate surface area is 109 Å². The molecule has 0 saturated heterocycles. The van der Waals surface area contributed by atoms with Crippen LogP contribution in [0.2, 0.25) is 0 Å². The Bertz CT molecular complexity index is 408. The molecule has 0 unspecified atom stereocenters. The Kier molecular flexibility index (Phi) is 3.79. The Morgan fingerprint density at radius 1 is 1.22 bits per heavy atom. The van der Waals surface area contributed by atoms with Gasteiger partial charge in [-0.05, 0) is 50.6 Å². The Morgan fingerprint density at radius 2 is 2.17 bits per heavy atom. The fourth-order valence-electron chi connectivity index (χ4n) is 3.14. The van der Waals surface area contributed by atoms with Gasteiger partial charge in [0.25, 0.3) is 0 Å². The minimum Gasteiger partial charge on any atom is -0.335 e. The number of rotatable bonds is 4. The van der Waals surface area contributed by atoms with E-state index in [1.54, 1.807) is 0 Å². The SMILES string of the molecule is C1=CC[C@@H](CNC[C@@H]2CCc3nccn3C2)CC1. The van der Waals surface area contributed by atoms with E-state index in [2.05, 4.69) is 33.2 Å². The molecule has 18 heavy (non-hydrogen) atoms. The number of hydrogen-bond acceptors (Lipinski definition) is 2. The van der Waals surface area contributed by atoms with Crippen LogP contribution < -0.4 is 5.32 Å². The molecule has 98 valence electrons. The van der Waals surface area contributed by atoms with Crippen molar-refractivity contribution in [2.45, 2.75) is 38.6 Å². The third-order valence-electron chi connectivity index (χ3n) is 4.28. The summed E-state index contributed by atoms with van der Waals surface area (Å²) >= 11 is 0. The predicted molar refractivity (Wildman–Crippen MR) is 73.4 cm³/mol. The van der Waals surface area contributed by atoms with Crippen LogP contribution in [-0.2, 0) is 13.0 Å². The van der Waals surface area contributed by atoms with Gasteiger partial charge in [-0.1, -0.05) is 12.2 Å². The Hall–Kier alpha value is -1.09. The van der Waals surface area contributed by atoms with E-state index in [9.17, 15) is 0 Å². The third kappa shape index (κ3) is 2.83. The second-order valence-electron chi connectivity index (χ2n) is 5.71. The van der Waals surface area contributed by atoms with E-state index >= 15 is 0 Å². The van der Waals surface area contributed by atoms with Gasteiger partial charge in [0.2, 0.25) is 0 Å². The molecular formula is C15H23N3. The summed E-state index contributed by atoms with van der Waals surface area (Å²) in [4.78, 5) is 4.38. The van der Waals surface area contributed by atoms with Crippen molar-refractivity contribution in [3.8, 4) is 0 Å². The molecule has 3 nitrogen and oxygen atoms in total. The number of aromatic nitrogens is 2. The normalized spacial score (nSPS) is 27.1. The lowest BCUT2D eigenvalue weighted by molar-refractivity contribution is 0.332. The Morgan fingerprint density at radius 3 is 3.06 bits per heavy atom. The van der Waals surface area contributed by atoms with E-state index in [0.29, 0.717) is 0 Å². The number of fused-ring (bicyclic) bond motifs is 1. The van der Waals surface area contributed by atoms with Gasteiger partial charge < -0.3 is 9.88 Å². The molecule has 0 bridgehead atoms. The van der Waals surface area contributed by atoms with Gasteiger partial charge in [-0.2, -0.15) is 0 Å². The number of allylic oxidation sites excluding steroid dienone is 2. The van der Waals surface area contributed by atoms with E-state index in [1.807, 2.05) is 6.20 Å². The number of nitrogens with zero attached hydrogens (tertiary/aromatic N) is 2. The zero-order chi connectivity index (χ0) is 12.2. The highest BCUT2D eigenvalue weighted by molar-refractivity contribution is 4.97. The molecule has 3 rings (SSSR count). The second-order valence-corrected chi connectivity index (χ2v) is 5.71. The van der Waals surface area contributed by atoms with Crippen molar-refractivity contribution < 1.29 is 0 Å². The summed E-state index contributed by atoms with van der Waals surface area (Å²) in [7, 11) is 0. The van der Waals surface area contributed by atoms with Crippen LogP contribution in [0.3, 0.4) is 0 Å². The molecule has 2 aliphatic rings. The molecule has 0 saturated carbocycles. The maximum absolute atomic E-state index is 4.38. The quantitative estimate of drug-likeness (QED) is 0.825.